The van der Waals surface area contributed by atoms with Crippen molar-refractivity contribution in [3.05, 3.63) is 59.3 Å². The van der Waals surface area contributed by atoms with Gasteiger partial charge in [-0.3, -0.25) is 0 Å². The zero-order valence-electron chi connectivity index (χ0n) is 18.8. The molecule has 29 heavy (non-hydrogen) atoms. The molecule has 0 aromatic rings. The average Bonchev–Trinajstić information content (AvgIpc) is 3.00. The van der Waals surface area contributed by atoms with Crippen LogP contribution in [0.4, 0.5) is 0 Å². The number of rotatable bonds is 4. The molecule has 0 heterocycles. The van der Waals surface area contributed by atoms with Crippen molar-refractivity contribution < 1.29 is 10.2 Å². The Kier molecular flexibility index (Phi) is 7.06. The van der Waals surface area contributed by atoms with Crippen molar-refractivity contribution in [3.8, 4) is 0 Å². The van der Waals surface area contributed by atoms with Gasteiger partial charge in [0.05, 0.1) is 12.2 Å². The highest BCUT2D eigenvalue weighted by atomic mass is 16.3. The van der Waals surface area contributed by atoms with Gasteiger partial charge in [0.1, 0.15) is 0 Å². The Labute approximate surface area is 177 Å². The zero-order valence-corrected chi connectivity index (χ0v) is 18.8. The molecule has 0 spiro atoms. The largest absolute Gasteiger partial charge is 0.393 e. The number of allylic oxidation sites excluding steroid dienone is 7. The lowest BCUT2D eigenvalue weighted by Gasteiger charge is -2.44. The van der Waals surface area contributed by atoms with Crippen molar-refractivity contribution in [2.75, 3.05) is 0 Å². The predicted molar refractivity (Wildman–Crippen MR) is 122 cm³/mol. The summed E-state index contributed by atoms with van der Waals surface area (Å²) in [4.78, 5) is 0. The third kappa shape index (κ3) is 4.86. The summed E-state index contributed by atoms with van der Waals surface area (Å²) in [5, 5.41) is 20.1. The van der Waals surface area contributed by atoms with Gasteiger partial charge in [-0.15, -0.1) is 0 Å². The van der Waals surface area contributed by atoms with Crippen LogP contribution in [0.5, 0.6) is 0 Å². The van der Waals surface area contributed by atoms with Crippen LogP contribution in [0.2, 0.25) is 0 Å². The van der Waals surface area contributed by atoms with Gasteiger partial charge in [0.25, 0.3) is 0 Å². The minimum atomic E-state index is -0.607. The summed E-state index contributed by atoms with van der Waals surface area (Å²) in [6, 6.07) is 0. The molecule has 0 saturated heterocycles. The Balaban J connectivity index is 1.78. The van der Waals surface area contributed by atoms with Gasteiger partial charge in [0, 0.05) is 6.42 Å². The highest BCUT2D eigenvalue weighted by Gasteiger charge is 2.50. The van der Waals surface area contributed by atoms with Crippen LogP contribution in [0.25, 0.3) is 0 Å². The van der Waals surface area contributed by atoms with E-state index >= 15 is 0 Å². The minimum Gasteiger partial charge on any atom is -0.393 e. The quantitative estimate of drug-likeness (QED) is 0.549. The molecule has 2 heteroatoms. The summed E-state index contributed by atoms with van der Waals surface area (Å²) >= 11 is 0. The number of hydrogen-bond acceptors (Lipinski definition) is 2. The van der Waals surface area contributed by atoms with Crippen molar-refractivity contribution in [2.45, 2.75) is 84.8 Å². The smallest absolute Gasteiger partial charge is 0.0811 e. The van der Waals surface area contributed by atoms with Gasteiger partial charge in [-0.05, 0) is 86.7 Å². The van der Waals surface area contributed by atoms with Crippen LogP contribution in [0.1, 0.15) is 72.6 Å². The van der Waals surface area contributed by atoms with Crippen LogP contribution >= 0.6 is 0 Å². The van der Waals surface area contributed by atoms with Gasteiger partial charge >= 0.3 is 0 Å². The highest BCUT2D eigenvalue weighted by molar-refractivity contribution is 5.38. The number of hydrogen-bond donors (Lipinski definition) is 2. The molecule has 3 aliphatic carbocycles. The molecule has 0 unspecified atom stereocenters. The molecule has 2 nitrogen and oxygen atoms in total. The molecule has 3 rings (SSSR count). The molecule has 3 fully saturated rings. The first-order valence-corrected chi connectivity index (χ1v) is 11.5. The number of fused-ring (bicyclic) bond motifs is 1. The first kappa shape index (κ1) is 22.3. The maximum Gasteiger partial charge on any atom is 0.0811 e. The first-order chi connectivity index (χ1) is 13.7. The second-order valence-corrected chi connectivity index (χ2v) is 10.2. The molecular formula is C27H40O2. The maximum absolute atomic E-state index is 10.1. The van der Waals surface area contributed by atoms with E-state index in [2.05, 4.69) is 64.7 Å². The Morgan fingerprint density at radius 3 is 2.69 bits per heavy atom. The Morgan fingerprint density at radius 1 is 1.21 bits per heavy atom. The van der Waals surface area contributed by atoms with E-state index in [-0.39, 0.29) is 0 Å². The Bertz CT molecular complexity index is 734. The average molecular weight is 397 g/mol. The Hall–Kier alpha value is -1.38. The van der Waals surface area contributed by atoms with Crippen LogP contribution in [0, 0.1) is 23.2 Å². The molecular weight excluding hydrogens is 356 g/mol. The molecule has 6 atom stereocenters. The van der Waals surface area contributed by atoms with E-state index in [1.165, 1.54) is 37.7 Å². The zero-order chi connectivity index (χ0) is 21.2. The lowest BCUT2D eigenvalue weighted by Crippen LogP contribution is -2.35. The van der Waals surface area contributed by atoms with Gasteiger partial charge in [-0.2, -0.15) is 0 Å². The van der Waals surface area contributed by atoms with Crippen LogP contribution in [-0.2, 0) is 0 Å². The fourth-order valence-electron chi connectivity index (χ4n) is 6.17. The third-order valence-electron chi connectivity index (χ3n) is 7.78. The molecule has 2 N–H and O–H groups in total. The van der Waals surface area contributed by atoms with Crippen LogP contribution in [-0.4, -0.2) is 22.4 Å². The van der Waals surface area contributed by atoms with Crippen molar-refractivity contribution in [1.82, 2.24) is 0 Å². The maximum atomic E-state index is 10.1. The SMILES string of the molecule is C=C1/C(=C\C=C2/CCC[C@]3(C)[C@@H]([C@H](C)/C=C/C=C(C)C)CC[C@@H]23)C[C@H](O)C[C@@H]1O. The van der Waals surface area contributed by atoms with Gasteiger partial charge < -0.3 is 10.2 Å². The van der Waals surface area contributed by atoms with E-state index in [0.717, 1.165) is 17.1 Å². The normalized spacial score (nSPS) is 39.2. The molecule has 0 radical (unpaired) electrons. The summed E-state index contributed by atoms with van der Waals surface area (Å²) in [5.74, 6) is 1.99. The van der Waals surface area contributed by atoms with Crippen molar-refractivity contribution >= 4 is 0 Å². The summed E-state index contributed by atoms with van der Waals surface area (Å²) in [5.41, 5.74) is 5.09. The topological polar surface area (TPSA) is 40.5 Å². The molecule has 0 aromatic heterocycles. The van der Waals surface area contributed by atoms with Crippen molar-refractivity contribution in [2.24, 2.45) is 23.2 Å². The number of aliphatic hydroxyl groups is 2. The molecule has 160 valence electrons. The summed E-state index contributed by atoms with van der Waals surface area (Å²) in [7, 11) is 0. The summed E-state index contributed by atoms with van der Waals surface area (Å²) in [6.07, 6.45) is 17.6. The van der Waals surface area contributed by atoms with E-state index in [1.807, 2.05) is 0 Å². The number of aliphatic hydroxyl groups excluding tert-OH is 2. The molecule has 0 aliphatic heterocycles. The summed E-state index contributed by atoms with van der Waals surface area (Å²) in [6.45, 7) is 13.3. The van der Waals surface area contributed by atoms with E-state index in [1.54, 1.807) is 5.57 Å². The lowest BCUT2D eigenvalue weighted by atomic mass is 9.61. The van der Waals surface area contributed by atoms with E-state index in [0.29, 0.717) is 30.1 Å². The fraction of sp³-hybridized carbons (Fsp3) is 0.630. The van der Waals surface area contributed by atoms with Gasteiger partial charge in [-0.25, -0.2) is 0 Å². The second kappa shape index (κ2) is 9.18. The highest BCUT2D eigenvalue weighted by Crippen LogP contribution is 2.59. The van der Waals surface area contributed by atoms with Crippen molar-refractivity contribution in [1.29, 1.82) is 0 Å². The van der Waals surface area contributed by atoms with Gasteiger partial charge in [-0.1, -0.05) is 62.0 Å². The third-order valence-corrected chi connectivity index (χ3v) is 7.78. The first-order valence-electron chi connectivity index (χ1n) is 11.5. The molecule has 3 aliphatic rings. The van der Waals surface area contributed by atoms with Gasteiger partial charge in [0.2, 0.25) is 0 Å². The van der Waals surface area contributed by atoms with E-state index in [9.17, 15) is 10.2 Å². The molecule has 3 saturated carbocycles. The fourth-order valence-corrected chi connectivity index (χ4v) is 6.17. The monoisotopic (exact) mass is 396 g/mol. The molecule has 0 bridgehead atoms. The standard InChI is InChI=1S/C27H40O2/c1-18(2)8-6-9-19(3)24-13-14-25-21(10-7-15-27(24,25)5)11-12-22-16-23(28)17-26(29)20(22)4/h6,8-9,11-12,19,23-26,28-29H,4,7,10,13-17H2,1-3,5H3/b9-6+,21-11+,22-12-/t19-,23+,24-,25+,26+,27-/m1/s1. The predicted octanol–water partition coefficient (Wildman–Crippen LogP) is 6.29. The van der Waals surface area contributed by atoms with E-state index < -0.39 is 12.2 Å². The van der Waals surface area contributed by atoms with Crippen LogP contribution in [0.3, 0.4) is 0 Å². The lowest BCUT2D eigenvalue weighted by molar-refractivity contribution is 0.0862. The van der Waals surface area contributed by atoms with Crippen LogP contribution < -0.4 is 0 Å². The molecule has 0 amide bonds. The summed E-state index contributed by atoms with van der Waals surface area (Å²) < 4.78 is 0. The van der Waals surface area contributed by atoms with Crippen molar-refractivity contribution in [3.63, 3.8) is 0 Å². The second-order valence-electron chi connectivity index (χ2n) is 10.2. The van der Waals surface area contributed by atoms with E-state index in [4.69, 9.17) is 0 Å². The van der Waals surface area contributed by atoms with Gasteiger partial charge in [0.15, 0.2) is 0 Å². The Morgan fingerprint density at radius 2 is 1.97 bits per heavy atom. The molecule has 0 aromatic carbocycles. The van der Waals surface area contributed by atoms with Crippen LogP contribution in [0.15, 0.2) is 59.3 Å². The minimum absolute atomic E-state index is 0.375.